The van der Waals surface area contributed by atoms with Crippen LogP contribution in [0.2, 0.25) is 0 Å². The van der Waals surface area contributed by atoms with Crippen LogP contribution in [0.25, 0.3) is 66.1 Å². The van der Waals surface area contributed by atoms with Crippen LogP contribution in [-0.4, -0.2) is 6.68 Å². The van der Waals surface area contributed by atoms with Gasteiger partial charge in [0.25, 0.3) is 0 Å². The van der Waals surface area contributed by atoms with Crippen molar-refractivity contribution in [2.24, 2.45) is 0 Å². The molecule has 0 amide bonds. The Morgan fingerprint density at radius 2 is 0.930 bits per heavy atom. The number of alkyl halides is 3. The summed E-state index contributed by atoms with van der Waals surface area (Å²) in [6.45, 7) is -3.67. The summed E-state index contributed by atoms with van der Waals surface area (Å²) in [6, 6.07) is 53.4. The number of halogens is 3. The zero-order chi connectivity index (χ0) is 29.3. The van der Waals surface area contributed by atoms with E-state index in [2.05, 4.69) is 146 Å². The van der Waals surface area contributed by atoms with Gasteiger partial charge in [0.05, 0.1) is 0 Å². The third kappa shape index (κ3) is 4.87. The summed E-state index contributed by atoms with van der Waals surface area (Å²) in [6.07, 6.45) is 0.948. The Kier molecular flexibility index (Phi) is 7.00. The topological polar surface area (TPSA) is 0 Å². The van der Waals surface area contributed by atoms with Gasteiger partial charge >= 0.3 is 6.68 Å². The maximum Gasteiger partial charge on any atom is 0.379 e. The average molecular weight is 565 g/mol. The van der Waals surface area contributed by atoms with Crippen molar-refractivity contribution in [3.05, 3.63) is 157 Å². The standard InChI is InChI=1S/C39H26.CHF3/c1-2-14-28(15-3-1)38-36-24-29-16-6-9-21-32(29)35(36)25-37(33-22-10-17-26-12-4-7-19-30(26)33)39(38)34-23-11-18-27-13-5-8-20-31(27)34;2-1(3)4/h1-23,25H,24H2;1H. The van der Waals surface area contributed by atoms with Gasteiger partial charge in [-0.25, -0.2) is 0 Å². The molecule has 0 spiro atoms. The van der Waals surface area contributed by atoms with Gasteiger partial charge in [0, 0.05) is 0 Å². The Bertz CT molecular complexity index is 2080. The molecule has 208 valence electrons. The van der Waals surface area contributed by atoms with E-state index in [0.29, 0.717) is 0 Å². The lowest BCUT2D eigenvalue weighted by Gasteiger charge is -2.23. The van der Waals surface area contributed by atoms with E-state index in [4.69, 9.17) is 0 Å². The van der Waals surface area contributed by atoms with Crippen LogP contribution in [0.5, 0.6) is 0 Å². The number of hydrogen-bond donors (Lipinski definition) is 0. The summed E-state index contributed by atoms with van der Waals surface area (Å²) < 4.78 is 29.0. The molecule has 0 nitrogen and oxygen atoms in total. The van der Waals surface area contributed by atoms with Crippen LogP contribution >= 0.6 is 0 Å². The molecule has 7 aromatic rings. The van der Waals surface area contributed by atoms with Crippen LogP contribution < -0.4 is 0 Å². The third-order valence-corrected chi connectivity index (χ3v) is 8.31. The van der Waals surface area contributed by atoms with Crippen molar-refractivity contribution < 1.29 is 13.2 Å². The highest BCUT2D eigenvalue weighted by molar-refractivity contribution is 6.11. The maximum atomic E-state index is 9.67. The molecule has 0 saturated heterocycles. The molecule has 0 fully saturated rings. The summed E-state index contributed by atoms with van der Waals surface area (Å²) >= 11 is 0. The smallest absolute Gasteiger partial charge is 0.174 e. The van der Waals surface area contributed by atoms with E-state index in [0.717, 1.165) is 6.42 Å². The Balaban J connectivity index is 0.000000709. The Morgan fingerprint density at radius 3 is 1.63 bits per heavy atom. The van der Waals surface area contributed by atoms with E-state index in [9.17, 15) is 13.2 Å². The van der Waals surface area contributed by atoms with Gasteiger partial charge in [-0.1, -0.05) is 140 Å². The maximum absolute atomic E-state index is 9.67. The van der Waals surface area contributed by atoms with Crippen molar-refractivity contribution in [2.75, 3.05) is 0 Å². The molecule has 43 heavy (non-hydrogen) atoms. The summed E-state index contributed by atoms with van der Waals surface area (Å²) in [7, 11) is 0. The zero-order valence-corrected chi connectivity index (χ0v) is 23.3. The molecule has 0 radical (unpaired) electrons. The van der Waals surface area contributed by atoms with Crippen molar-refractivity contribution in [1.82, 2.24) is 0 Å². The Labute approximate surface area is 248 Å². The number of benzene rings is 7. The molecule has 0 saturated carbocycles. The molecular weight excluding hydrogens is 537 g/mol. The molecule has 0 bridgehead atoms. The zero-order valence-electron chi connectivity index (χ0n) is 23.3. The van der Waals surface area contributed by atoms with E-state index < -0.39 is 6.68 Å². The second-order valence-electron chi connectivity index (χ2n) is 10.7. The first-order valence-corrected chi connectivity index (χ1v) is 14.3. The predicted molar refractivity (Wildman–Crippen MR) is 173 cm³/mol. The summed E-state index contributed by atoms with van der Waals surface area (Å²) in [4.78, 5) is 0. The number of rotatable bonds is 3. The second kappa shape index (κ2) is 11.3. The fourth-order valence-electron chi connectivity index (χ4n) is 6.59. The molecule has 8 rings (SSSR count). The van der Waals surface area contributed by atoms with Gasteiger partial charge in [0.1, 0.15) is 0 Å². The fourth-order valence-corrected chi connectivity index (χ4v) is 6.59. The third-order valence-electron chi connectivity index (χ3n) is 8.31. The molecule has 7 aromatic carbocycles. The van der Waals surface area contributed by atoms with E-state index in [1.165, 1.54) is 77.2 Å². The summed E-state index contributed by atoms with van der Waals surface area (Å²) in [5.74, 6) is 0. The van der Waals surface area contributed by atoms with Crippen molar-refractivity contribution in [1.29, 1.82) is 0 Å². The minimum absolute atomic E-state index is 0.948. The molecule has 1 aliphatic carbocycles. The van der Waals surface area contributed by atoms with Crippen LogP contribution in [0, 0.1) is 0 Å². The Hall–Kier alpha value is -5.15. The normalized spacial score (nSPS) is 11.7. The van der Waals surface area contributed by atoms with Crippen LogP contribution in [0.15, 0.2) is 146 Å². The van der Waals surface area contributed by atoms with E-state index in [1.54, 1.807) is 0 Å². The van der Waals surface area contributed by atoms with Gasteiger partial charge in [-0.3, -0.25) is 0 Å². The lowest BCUT2D eigenvalue weighted by atomic mass is 9.80. The van der Waals surface area contributed by atoms with Gasteiger partial charge in [-0.2, -0.15) is 13.2 Å². The monoisotopic (exact) mass is 564 g/mol. The second-order valence-corrected chi connectivity index (χ2v) is 10.7. The first-order valence-electron chi connectivity index (χ1n) is 14.3. The average Bonchev–Trinajstić information content (AvgIpc) is 3.42. The minimum atomic E-state index is -3.67. The van der Waals surface area contributed by atoms with Crippen molar-refractivity contribution in [3.63, 3.8) is 0 Å². The van der Waals surface area contributed by atoms with Crippen LogP contribution in [0.1, 0.15) is 11.1 Å². The first kappa shape index (κ1) is 26.7. The summed E-state index contributed by atoms with van der Waals surface area (Å²) in [5.41, 5.74) is 13.3. The minimum Gasteiger partial charge on any atom is -0.174 e. The van der Waals surface area contributed by atoms with Crippen LogP contribution in [0.3, 0.4) is 0 Å². The number of hydrogen-bond acceptors (Lipinski definition) is 0. The molecule has 0 aliphatic heterocycles. The largest absolute Gasteiger partial charge is 0.379 e. The molecule has 1 aliphatic rings. The van der Waals surface area contributed by atoms with Gasteiger partial charge in [0.15, 0.2) is 0 Å². The first-order chi connectivity index (χ1) is 21.1. The molecule has 0 heterocycles. The number of fused-ring (bicyclic) bond motifs is 5. The van der Waals surface area contributed by atoms with Gasteiger partial charge < -0.3 is 0 Å². The predicted octanol–water partition coefficient (Wildman–Crippen LogP) is 11.7. The van der Waals surface area contributed by atoms with Gasteiger partial charge in [-0.15, -0.1) is 0 Å². The molecule has 0 aromatic heterocycles. The van der Waals surface area contributed by atoms with Gasteiger partial charge in [-0.05, 0) is 89.7 Å². The lowest BCUT2D eigenvalue weighted by molar-refractivity contribution is 0.00819. The lowest BCUT2D eigenvalue weighted by Crippen LogP contribution is -1.98. The highest BCUT2D eigenvalue weighted by Crippen LogP contribution is 2.52. The van der Waals surface area contributed by atoms with Crippen molar-refractivity contribution >= 4 is 21.5 Å². The molecule has 0 N–H and O–H groups in total. The SMILES string of the molecule is FC(F)F.c1ccc(-c2c3c(cc(-c4cccc5ccccc45)c2-c2cccc4ccccc24)-c2ccccc2C3)cc1. The van der Waals surface area contributed by atoms with E-state index in [1.807, 2.05) is 0 Å². The Morgan fingerprint density at radius 1 is 0.419 bits per heavy atom. The van der Waals surface area contributed by atoms with Gasteiger partial charge in [0.2, 0.25) is 0 Å². The van der Waals surface area contributed by atoms with Crippen molar-refractivity contribution in [2.45, 2.75) is 13.1 Å². The van der Waals surface area contributed by atoms with Crippen LogP contribution in [0.4, 0.5) is 13.2 Å². The quantitative estimate of drug-likeness (QED) is 0.200. The summed E-state index contributed by atoms with van der Waals surface area (Å²) in [5, 5.41) is 5.10. The highest BCUT2D eigenvalue weighted by atomic mass is 19.4. The van der Waals surface area contributed by atoms with Crippen LogP contribution in [-0.2, 0) is 6.42 Å². The highest BCUT2D eigenvalue weighted by Gasteiger charge is 2.28. The molecule has 0 atom stereocenters. The fraction of sp³-hybridized carbons (Fsp3) is 0.0500. The molecular formula is C40H27F3. The molecule has 0 unspecified atom stereocenters. The van der Waals surface area contributed by atoms with Crippen molar-refractivity contribution in [3.8, 4) is 44.5 Å². The van der Waals surface area contributed by atoms with E-state index in [-0.39, 0.29) is 0 Å². The van der Waals surface area contributed by atoms with E-state index >= 15 is 0 Å². The molecule has 3 heteroatoms.